The van der Waals surface area contributed by atoms with Gasteiger partial charge in [-0.25, -0.2) is 9.45 Å². The molecule has 4 nitrogen and oxygen atoms in total. The third kappa shape index (κ3) is 2.51. The number of aromatic amines is 1. The average Bonchev–Trinajstić information content (AvgIpc) is 2.82. The van der Waals surface area contributed by atoms with Gasteiger partial charge >= 0.3 is 0 Å². The predicted octanol–water partition coefficient (Wildman–Crippen LogP) is 2.07. The molecule has 96 valence electrons. The molecule has 0 unspecified atom stereocenters. The fourth-order valence-electron chi connectivity index (χ4n) is 1.94. The minimum Gasteiger partial charge on any atom is -0.361 e. The number of H-pyrrole nitrogens is 1. The topological polar surface area (TPSA) is 45.3 Å². The summed E-state index contributed by atoms with van der Waals surface area (Å²) in [4.78, 5) is 19.2. The maximum Gasteiger partial charge on any atom is 0.277 e. The first-order valence-electron chi connectivity index (χ1n) is 5.71. The molecule has 2 rings (SSSR count). The van der Waals surface area contributed by atoms with Crippen molar-refractivity contribution in [1.29, 1.82) is 0 Å². The molecule has 0 atom stereocenters. The number of nitrogens with zero attached hydrogens (tertiary/aromatic N) is 1. The number of halogens is 1. The maximum atomic E-state index is 12.3. The zero-order chi connectivity index (χ0) is 13.0. The molecule has 1 aromatic carbocycles. The van der Waals surface area contributed by atoms with E-state index in [-0.39, 0.29) is 0 Å². The molecule has 0 radical (unpaired) electrons. The lowest BCUT2D eigenvalue weighted by atomic mass is 10.1. The normalized spacial score (nSPS) is 10.8. The molecular formula is C13H15FN2O2. The Morgan fingerprint density at radius 2 is 2.22 bits per heavy atom. The van der Waals surface area contributed by atoms with Crippen LogP contribution < -0.4 is 0 Å². The molecular weight excluding hydrogens is 235 g/mol. The molecule has 2 aromatic rings. The Hall–Kier alpha value is -1.88. The van der Waals surface area contributed by atoms with Gasteiger partial charge in [0.1, 0.15) is 0 Å². The second-order valence-corrected chi connectivity index (χ2v) is 3.92. The lowest BCUT2D eigenvalue weighted by Gasteiger charge is -2.17. The monoisotopic (exact) mass is 250 g/mol. The van der Waals surface area contributed by atoms with Crippen LogP contribution >= 0.6 is 0 Å². The first-order chi connectivity index (χ1) is 8.76. The van der Waals surface area contributed by atoms with E-state index in [0.29, 0.717) is 13.0 Å². The van der Waals surface area contributed by atoms with Crippen LogP contribution in [0.15, 0.2) is 30.5 Å². The number of carbonyl (C=O) groups excluding carboxylic acids is 1. The highest BCUT2D eigenvalue weighted by Gasteiger charge is 2.13. The second-order valence-electron chi connectivity index (χ2n) is 3.92. The van der Waals surface area contributed by atoms with E-state index in [4.69, 9.17) is 4.84 Å². The fourth-order valence-corrected chi connectivity index (χ4v) is 1.94. The van der Waals surface area contributed by atoms with Crippen molar-refractivity contribution in [3.63, 3.8) is 0 Å². The summed E-state index contributed by atoms with van der Waals surface area (Å²) < 4.78 is 12.3. The van der Waals surface area contributed by atoms with Crippen LogP contribution in [0.4, 0.5) is 4.39 Å². The summed E-state index contributed by atoms with van der Waals surface area (Å²) in [5.41, 5.74) is 2.13. The SMILES string of the molecule is CON(CCc1c[nH]c2ccccc12)C(=O)CF. The Morgan fingerprint density at radius 1 is 1.44 bits per heavy atom. The van der Waals surface area contributed by atoms with E-state index < -0.39 is 12.6 Å². The molecule has 0 spiro atoms. The summed E-state index contributed by atoms with van der Waals surface area (Å²) >= 11 is 0. The van der Waals surface area contributed by atoms with Crippen LogP contribution in [-0.4, -0.2) is 36.3 Å². The Bertz CT molecular complexity index is 539. The van der Waals surface area contributed by atoms with Gasteiger partial charge < -0.3 is 4.98 Å². The predicted molar refractivity (Wildman–Crippen MR) is 66.7 cm³/mol. The van der Waals surface area contributed by atoms with E-state index in [2.05, 4.69) is 4.98 Å². The third-order valence-electron chi connectivity index (χ3n) is 2.87. The van der Waals surface area contributed by atoms with Crippen molar-refractivity contribution in [2.75, 3.05) is 20.3 Å². The van der Waals surface area contributed by atoms with Gasteiger partial charge in [-0.2, -0.15) is 0 Å². The number of aromatic nitrogens is 1. The standard InChI is InChI=1S/C13H15FN2O2/c1-18-16(13(17)8-14)7-6-10-9-15-12-5-3-2-4-11(10)12/h2-5,9,15H,6-8H2,1H3. The van der Waals surface area contributed by atoms with Gasteiger partial charge in [0, 0.05) is 17.1 Å². The van der Waals surface area contributed by atoms with Crippen LogP contribution in [-0.2, 0) is 16.1 Å². The quantitative estimate of drug-likeness (QED) is 0.826. The van der Waals surface area contributed by atoms with Gasteiger partial charge in [-0.15, -0.1) is 0 Å². The number of hydrogen-bond donors (Lipinski definition) is 1. The lowest BCUT2D eigenvalue weighted by molar-refractivity contribution is -0.176. The highest BCUT2D eigenvalue weighted by molar-refractivity contribution is 5.83. The van der Waals surface area contributed by atoms with Gasteiger partial charge in [0.25, 0.3) is 5.91 Å². The molecule has 0 bridgehead atoms. The number of hydrogen-bond acceptors (Lipinski definition) is 2. The third-order valence-corrected chi connectivity index (χ3v) is 2.87. The molecule has 1 heterocycles. The molecule has 5 heteroatoms. The van der Waals surface area contributed by atoms with Crippen molar-refractivity contribution in [3.05, 3.63) is 36.0 Å². The van der Waals surface area contributed by atoms with Gasteiger partial charge in [0.15, 0.2) is 6.67 Å². The molecule has 1 amide bonds. The van der Waals surface area contributed by atoms with Crippen molar-refractivity contribution < 1.29 is 14.0 Å². The number of fused-ring (bicyclic) bond motifs is 1. The number of nitrogens with one attached hydrogen (secondary N) is 1. The summed E-state index contributed by atoms with van der Waals surface area (Å²) in [6, 6.07) is 7.91. The van der Waals surface area contributed by atoms with Gasteiger partial charge in [-0.1, -0.05) is 18.2 Å². The van der Waals surface area contributed by atoms with Gasteiger partial charge in [0.05, 0.1) is 13.7 Å². The number of benzene rings is 1. The lowest BCUT2D eigenvalue weighted by Crippen LogP contribution is -2.32. The van der Waals surface area contributed by atoms with Crippen molar-refractivity contribution in [1.82, 2.24) is 10.0 Å². The number of carbonyl (C=O) groups is 1. The molecule has 1 N–H and O–H groups in total. The van der Waals surface area contributed by atoms with Crippen molar-refractivity contribution >= 4 is 16.8 Å². The molecule has 0 aliphatic heterocycles. The summed E-state index contributed by atoms with van der Waals surface area (Å²) in [6.45, 7) is -0.706. The van der Waals surface area contributed by atoms with E-state index in [1.54, 1.807) is 0 Å². The average molecular weight is 250 g/mol. The van der Waals surface area contributed by atoms with Crippen LogP contribution in [0.1, 0.15) is 5.56 Å². The summed E-state index contributed by atoms with van der Waals surface area (Å²) in [7, 11) is 1.36. The van der Waals surface area contributed by atoms with Crippen molar-refractivity contribution in [2.45, 2.75) is 6.42 Å². The zero-order valence-corrected chi connectivity index (χ0v) is 10.1. The van der Waals surface area contributed by atoms with Gasteiger partial charge in [-0.3, -0.25) is 9.63 Å². The van der Waals surface area contributed by atoms with Gasteiger partial charge in [-0.05, 0) is 18.1 Å². The minimum absolute atomic E-state index is 0.334. The van der Waals surface area contributed by atoms with Crippen LogP contribution in [0.3, 0.4) is 0 Å². The molecule has 0 saturated heterocycles. The minimum atomic E-state index is -1.04. The largest absolute Gasteiger partial charge is 0.361 e. The Labute approximate surface area is 104 Å². The summed E-state index contributed by atoms with van der Waals surface area (Å²) in [6.07, 6.45) is 2.52. The molecule has 0 saturated carbocycles. The fraction of sp³-hybridized carbons (Fsp3) is 0.308. The molecule has 0 aliphatic rings. The number of amides is 1. The molecule has 0 aliphatic carbocycles. The number of para-hydroxylation sites is 1. The van der Waals surface area contributed by atoms with Crippen LogP contribution in [0.5, 0.6) is 0 Å². The van der Waals surface area contributed by atoms with Crippen molar-refractivity contribution in [3.8, 4) is 0 Å². The van der Waals surface area contributed by atoms with E-state index in [9.17, 15) is 9.18 Å². The highest BCUT2D eigenvalue weighted by atomic mass is 19.1. The number of alkyl halides is 1. The molecule has 18 heavy (non-hydrogen) atoms. The molecule has 1 aromatic heterocycles. The van der Waals surface area contributed by atoms with Crippen LogP contribution in [0.25, 0.3) is 10.9 Å². The molecule has 0 fully saturated rings. The Balaban J connectivity index is 2.07. The maximum absolute atomic E-state index is 12.3. The van der Waals surface area contributed by atoms with Crippen LogP contribution in [0, 0.1) is 0 Å². The zero-order valence-electron chi connectivity index (χ0n) is 10.1. The Morgan fingerprint density at radius 3 is 2.94 bits per heavy atom. The number of hydroxylamine groups is 2. The van der Waals surface area contributed by atoms with E-state index in [1.165, 1.54) is 7.11 Å². The van der Waals surface area contributed by atoms with E-state index in [1.807, 2.05) is 30.5 Å². The van der Waals surface area contributed by atoms with Crippen LogP contribution in [0.2, 0.25) is 0 Å². The summed E-state index contributed by atoms with van der Waals surface area (Å²) in [5, 5.41) is 2.16. The first kappa shape index (κ1) is 12.6. The van der Waals surface area contributed by atoms with E-state index in [0.717, 1.165) is 21.5 Å². The first-order valence-corrected chi connectivity index (χ1v) is 5.71. The highest BCUT2D eigenvalue weighted by Crippen LogP contribution is 2.18. The Kier molecular flexibility index (Phi) is 3.94. The smallest absolute Gasteiger partial charge is 0.277 e. The second kappa shape index (κ2) is 5.64. The van der Waals surface area contributed by atoms with E-state index >= 15 is 0 Å². The number of rotatable bonds is 5. The summed E-state index contributed by atoms with van der Waals surface area (Å²) in [5.74, 6) is -0.655. The van der Waals surface area contributed by atoms with Gasteiger partial charge in [0.2, 0.25) is 0 Å². The van der Waals surface area contributed by atoms with Crippen molar-refractivity contribution in [2.24, 2.45) is 0 Å².